The molecule has 2 aliphatic heterocycles. The first-order valence-corrected chi connectivity index (χ1v) is 10.3. The lowest BCUT2D eigenvalue weighted by atomic mass is 9.94. The van der Waals surface area contributed by atoms with Crippen LogP contribution in [0, 0.1) is 0 Å². The number of urea groups is 1. The topological polar surface area (TPSA) is 127 Å². The number of carbonyl (C=O) groups is 2. The van der Waals surface area contributed by atoms with Gasteiger partial charge in [0, 0.05) is 7.05 Å². The van der Waals surface area contributed by atoms with Crippen LogP contribution in [-0.4, -0.2) is 77.0 Å². The van der Waals surface area contributed by atoms with Crippen LogP contribution in [0.5, 0.6) is 11.5 Å². The summed E-state index contributed by atoms with van der Waals surface area (Å²) >= 11 is 0. The van der Waals surface area contributed by atoms with Gasteiger partial charge in [0.25, 0.3) is 5.91 Å². The fourth-order valence-corrected chi connectivity index (χ4v) is 3.81. The molecule has 1 fully saturated rings. The first kappa shape index (κ1) is 22.4. The predicted octanol–water partition coefficient (Wildman–Crippen LogP) is 1.30. The summed E-state index contributed by atoms with van der Waals surface area (Å²) in [5, 5.41) is 23.2. The molecule has 0 aliphatic carbocycles. The van der Waals surface area contributed by atoms with Crippen molar-refractivity contribution in [2.75, 3.05) is 21.2 Å². The summed E-state index contributed by atoms with van der Waals surface area (Å²) in [4.78, 5) is 35.8. The predicted molar refractivity (Wildman–Crippen MR) is 121 cm³/mol. The van der Waals surface area contributed by atoms with E-state index in [0.717, 1.165) is 10.5 Å². The van der Waals surface area contributed by atoms with E-state index in [-0.39, 0.29) is 17.6 Å². The van der Waals surface area contributed by atoms with Gasteiger partial charge in [0.1, 0.15) is 17.6 Å². The van der Waals surface area contributed by atoms with Crippen LogP contribution in [0.4, 0.5) is 4.79 Å². The number of amides is 3. The minimum Gasteiger partial charge on any atom is -0.508 e. The number of methoxy groups -OCH3 is 1. The number of amidine groups is 1. The van der Waals surface area contributed by atoms with Gasteiger partial charge in [0.2, 0.25) is 0 Å². The van der Waals surface area contributed by atoms with E-state index >= 15 is 0 Å². The molecular formula is C23H25N5O5. The molecule has 3 atom stereocenters. The van der Waals surface area contributed by atoms with E-state index in [1.807, 2.05) is 4.90 Å². The van der Waals surface area contributed by atoms with Gasteiger partial charge in [-0.25, -0.2) is 14.8 Å². The molecule has 10 nitrogen and oxygen atoms in total. The van der Waals surface area contributed by atoms with Gasteiger partial charge in [0.15, 0.2) is 12.1 Å². The number of phenolic OH excluding ortho intramolecular Hbond substituents is 1. The molecule has 2 aliphatic rings. The summed E-state index contributed by atoms with van der Waals surface area (Å²) < 4.78 is 5.19. The summed E-state index contributed by atoms with van der Waals surface area (Å²) in [5.74, 6) is 0.199. The number of likely N-dealkylation sites (N-methyl/N-ethyl adjacent to an activating group) is 2. The average Bonchev–Trinajstić information content (AvgIpc) is 3.25. The van der Waals surface area contributed by atoms with Crippen LogP contribution in [0.2, 0.25) is 0 Å². The molecule has 3 unspecified atom stereocenters. The molecular weight excluding hydrogens is 426 g/mol. The number of carbonyl (C=O) groups excluding carboxylic acids is 2. The van der Waals surface area contributed by atoms with Crippen molar-refractivity contribution >= 4 is 23.5 Å². The molecule has 4 rings (SSSR count). The third-order valence-corrected chi connectivity index (χ3v) is 5.82. The quantitative estimate of drug-likeness (QED) is 0.568. The Bertz CT molecular complexity index is 1110. The number of phenols is 1. The van der Waals surface area contributed by atoms with Gasteiger partial charge in [-0.05, 0) is 48.9 Å². The molecule has 0 spiro atoms. The second-order valence-corrected chi connectivity index (χ2v) is 7.90. The Morgan fingerprint density at radius 3 is 2.36 bits per heavy atom. The van der Waals surface area contributed by atoms with Crippen LogP contribution in [0.3, 0.4) is 0 Å². The minimum absolute atomic E-state index is 0.0910. The molecule has 2 heterocycles. The molecule has 0 radical (unpaired) electrons. The third-order valence-electron chi connectivity index (χ3n) is 5.82. The van der Waals surface area contributed by atoms with Crippen LogP contribution in [0.25, 0.3) is 0 Å². The van der Waals surface area contributed by atoms with Crippen molar-refractivity contribution in [3.8, 4) is 11.5 Å². The van der Waals surface area contributed by atoms with E-state index in [4.69, 9.17) is 4.74 Å². The normalized spacial score (nSPS) is 23.1. The van der Waals surface area contributed by atoms with E-state index in [2.05, 4.69) is 15.3 Å². The van der Waals surface area contributed by atoms with Crippen molar-refractivity contribution in [3.63, 3.8) is 0 Å². The number of nitrogens with one attached hydrogen (secondary N) is 1. The second-order valence-electron chi connectivity index (χ2n) is 7.90. The highest BCUT2D eigenvalue weighted by Crippen LogP contribution is 2.29. The number of hydrogen-bond acceptors (Lipinski definition) is 8. The van der Waals surface area contributed by atoms with Crippen molar-refractivity contribution in [2.45, 2.75) is 24.9 Å². The number of rotatable bonds is 6. The Kier molecular flexibility index (Phi) is 6.12. The summed E-state index contributed by atoms with van der Waals surface area (Å²) in [6.07, 6.45) is -1.33. The smallest absolute Gasteiger partial charge is 0.329 e. The highest BCUT2D eigenvalue weighted by molar-refractivity contribution is 6.47. The largest absolute Gasteiger partial charge is 0.508 e. The fraction of sp³-hybridized carbons (Fsp3) is 0.304. The number of aliphatic hydroxyl groups is 1. The molecule has 0 saturated carbocycles. The van der Waals surface area contributed by atoms with Gasteiger partial charge in [-0.1, -0.05) is 24.3 Å². The molecule has 2 aromatic rings. The monoisotopic (exact) mass is 451 g/mol. The highest BCUT2D eigenvalue weighted by atomic mass is 16.5. The molecule has 10 heteroatoms. The minimum atomic E-state index is -1.01. The van der Waals surface area contributed by atoms with Crippen LogP contribution >= 0.6 is 0 Å². The lowest BCUT2D eigenvalue weighted by Gasteiger charge is -2.25. The fourth-order valence-electron chi connectivity index (χ4n) is 3.81. The van der Waals surface area contributed by atoms with Crippen molar-refractivity contribution in [2.24, 2.45) is 9.98 Å². The Labute approximate surface area is 190 Å². The second kappa shape index (κ2) is 9.00. The van der Waals surface area contributed by atoms with Gasteiger partial charge in [-0.2, -0.15) is 0 Å². The lowest BCUT2D eigenvalue weighted by Crippen LogP contribution is -2.40. The molecule has 3 N–H and O–H groups in total. The maximum Gasteiger partial charge on any atom is 0.329 e. The molecule has 3 amide bonds. The van der Waals surface area contributed by atoms with E-state index in [1.54, 1.807) is 62.7 Å². The first-order valence-electron chi connectivity index (χ1n) is 10.3. The molecule has 172 valence electrons. The SMILES string of the molecule is COc1ccc(C(O)C2=NC(N=C3NC(=O)N(C)C3=O)N(C)C2Cc2ccc(O)cc2)cc1. The van der Waals surface area contributed by atoms with E-state index in [9.17, 15) is 19.8 Å². The standard InChI is InChI=1S/C23H25N5O5/c1-27-17(12-13-4-8-15(29)9-5-13)18(19(30)14-6-10-16(33-3)11-7-14)24-22(27)25-20-21(31)28(2)23(32)26-20/h4-11,17,19,22,29-30H,12H2,1-3H3,(H,25,26,32). The number of benzene rings is 2. The molecule has 2 aromatic carbocycles. The third kappa shape index (κ3) is 4.43. The van der Waals surface area contributed by atoms with Crippen LogP contribution in [0.15, 0.2) is 58.5 Å². The van der Waals surface area contributed by atoms with Crippen LogP contribution in [0.1, 0.15) is 17.2 Å². The number of imide groups is 1. The maximum absolute atomic E-state index is 12.3. The number of hydrogen-bond donors (Lipinski definition) is 3. The molecule has 33 heavy (non-hydrogen) atoms. The zero-order chi connectivity index (χ0) is 23.7. The first-order chi connectivity index (χ1) is 15.8. The molecule has 1 saturated heterocycles. The number of aliphatic imine (C=N–C) groups is 2. The van der Waals surface area contributed by atoms with Crippen LogP contribution in [-0.2, 0) is 11.2 Å². The van der Waals surface area contributed by atoms with Crippen LogP contribution < -0.4 is 10.1 Å². The maximum atomic E-state index is 12.3. The van der Waals surface area contributed by atoms with E-state index in [0.29, 0.717) is 23.4 Å². The zero-order valence-electron chi connectivity index (χ0n) is 18.5. The van der Waals surface area contributed by atoms with E-state index < -0.39 is 24.3 Å². The van der Waals surface area contributed by atoms with E-state index in [1.165, 1.54) is 7.05 Å². The number of nitrogens with zero attached hydrogens (tertiary/aromatic N) is 4. The van der Waals surface area contributed by atoms with Crippen molar-refractivity contribution in [1.82, 2.24) is 15.1 Å². The highest BCUT2D eigenvalue weighted by Gasteiger charge is 2.39. The lowest BCUT2D eigenvalue weighted by molar-refractivity contribution is -0.119. The summed E-state index contributed by atoms with van der Waals surface area (Å²) in [7, 11) is 4.73. The Hall–Kier alpha value is -3.76. The zero-order valence-corrected chi connectivity index (χ0v) is 18.5. The number of aromatic hydroxyl groups is 1. The van der Waals surface area contributed by atoms with Crippen molar-refractivity contribution in [3.05, 3.63) is 59.7 Å². The summed E-state index contributed by atoms with van der Waals surface area (Å²) in [6.45, 7) is 0. The Morgan fingerprint density at radius 2 is 1.79 bits per heavy atom. The van der Waals surface area contributed by atoms with Gasteiger partial charge < -0.3 is 14.9 Å². The Morgan fingerprint density at radius 1 is 1.12 bits per heavy atom. The summed E-state index contributed by atoms with van der Waals surface area (Å²) in [5.41, 5.74) is 2.05. The van der Waals surface area contributed by atoms with Gasteiger partial charge in [-0.3, -0.25) is 19.9 Å². The van der Waals surface area contributed by atoms with Gasteiger partial charge in [0.05, 0.1) is 18.9 Å². The molecule has 0 aromatic heterocycles. The number of aliphatic hydroxyl groups excluding tert-OH is 1. The Balaban J connectivity index is 1.67. The van der Waals surface area contributed by atoms with Gasteiger partial charge in [-0.15, -0.1) is 0 Å². The van der Waals surface area contributed by atoms with Crippen molar-refractivity contribution < 1.29 is 24.5 Å². The number of ether oxygens (including phenoxy) is 1. The van der Waals surface area contributed by atoms with Crippen molar-refractivity contribution in [1.29, 1.82) is 0 Å². The summed E-state index contributed by atoms with van der Waals surface area (Å²) in [6, 6.07) is 12.9. The average molecular weight is 451 g/mol. The van der Waals surface area contributed by atoms with Gasteiger partial charge >= 0.3 is 6.03 Å². The molecule has 0 bridgehead atoms.